The number of hydrogen-bond acceptors (Lipinski definition) is 1. The van der Waals surface area contributed by atoms with Crippen molar-refractivity contribution in [3.05, 3.63) is 35.3 Å². The SMILES string of the molecule is CCCCC(C)(C)c1ccc[n+]([O-])c1. The summed E-state index contributed by atoms with van der Waals surface area (Å²) < 4.78 is 0.878. The molecule has 0 bridgehead atoms. The molecule has 0 N–H and O–H groups in total. The van der Waals surface area contributed by atoms with E-state index in [0.717, 1.165) is 16.7 Å². The average Bonchev–Trinajstić information content (AvgIpc) is 2.15. The predicted octanol–water partition coefficient (Wildman–Crippen LogP) is 2.79. The molecule has 0 fully saturated rings. The van der Waals surface area contributed by atoms with Gasteiger partial charge in [-0.1, -0.05) is 33.6 Å². The van der Waals surface area contributed by atoms with Crippen molar-refractivity contribution in [2.45, 2.75) is 45.4 Å². The van der Waals surface area contributed by atoms with Crippen molar-refractivity contribution in [2.75, 3.05) is 0 Å². The third-order valence-electron chi connectivity index (χ3n) is 2.71. The van der Waals surface area contributed by atoms with Crippen LogP contribution in [0, 0.1) is 5.21 Å². The summed E-state index contributed by atoms with van der Waals surface area (Å²) >= 11 is 0. The molecule has 0 aliphatic carbocycles. The quantitative estimate of drug-likeness (QED) is 0.533. The first-order chi connectivity index (χ1) is 6.56. The first-order valence-electron chi connectivity index (χ1n) is 5.25. The maximum atomic E-state index is 11.1. The van der Waals surface area contributed by atoms with Crippen molar-refractivity contribution < 1.29 is 4.73 Å². The fraction of sp³-hybridized carbons (Fsp3) is 0.583. The molecule has 1 heterocycles. The van der Waals surface area contributed by atoms with Crippen molar-refractivity contribution in [1.82, 2.24) is 0 Å². The van der Waals surface area contributed by atoms with Gasteiger partial charge in [0, 0.05) is 11.6 Å². The fourth-order valence-electron chi connectivity index (χ4n) is 1.62. The monoisotopic (exact) mass is 193 g/mol. The van der Waals surface area contributed by atoms with Crippen LogP contribution in [0.4, 0.5) is 0 Å². The molecule has 0 unspecified atom stereocenters. The molecule has 0 spiro atoms. The Balaban J connectivity index is 2.80. The molecular formula is C12H19NO. The van der Waals surface area contributed by atoms with Crippen LogP contribution in [0.15, 0.2) is 24.5 Å². The normalized spacial score (nSPS) is 11.6. The summed E-state index contributed by atoms with van der Waals surface area (Å²) in [4.78, 5) is 0. The van der Waals surface area contributed by atoms with Gasteiger partial charge in [-0.3, -0.25) is 0 Å². The molecule has 0 saturated heterocycles. The minimum absolute atomic E-state index is 0.115. The first kappa shape index (κ1) is 11.0. The van der Waals surface area contributed by atoms with E-state index in [0.29, 0.717) is 0 Å². The van der Waals surface area contributed by atoms with Crippen LogP contribution >= 0.6 is 0 Å². The maximum Gasteiger partial charge on any atom is 0.184 e. The average molecular weight is 193 g/mol. The van der Waals surface area contributed by atoms with Crippen LogP contribution in [0.1, 0.15) is 45.6 Å². The van der Waals surface area contributed by atoms with Gasteiger partial charge in [-0.25, -0.2) is 0 Å². The lowest BCUT2D eigenvalue weighted by atomic mass is 9.81. The van der Waals surface area contributed by atoms with Crippen molar-refractivity contribution in [2.24, 2.45) is 0 Å². The second-order valence-electron chi connectivity index (χ2n) is 4.44. The van der Waals surface area contributed by atoms with Gasteiger partial charge in [-0.05, 0) is 17.9 Å². The van der Waals surface area contributed by atoms with E-state index in [-0.39, 0.29) is 5.41 Å². The zero-order valence-corrected chi connectivity index (χ0v) is 9.29. The van der Waals surface area contributed by atoms with Gasteiger partial charge >= 0.3 is 0 Å². The second-order valence-corrected chi connectivity index (χ2v) is 4.44. The maximum absolute atomic E-state index is 11.1. The highest BCUT2D eigenvalue weighted by Gasteiger charge is 2.21. The Morgan fingerprint density at radius 1 is 1.43 bits per heavy atom. The Morgan fingerprint density at radius 3 is 2.71 bits per heavy atom. The van der Waals surface area contributed by atoms with E-state index in [1.54, 1.807) is 6.20 Å². The Kier molecular flexibility index (Phi) is 3.50. The van der Waals surface area contributed by atoms with Gasteiger partial charge in [0.05, 0.1) is 0 Å². The predicted molar refractivity (Wildman–Crippen MR) is 58.0 cm³/mol. The van der Waals surface area contributed by atoms with Crippen LogP contribution in [0.3, 0.4) is 0 Å². The van der Waals surface area contributed by atoms with Gasteiger partial charge in [-0.2, -0.15) is 4.73 Å². The Labute approximate surface area is 86.2 Å². The summed E-state index contributed by atoms with van der Waals surface area (Å²) in [6.07, 6.45) is 6.75. The largest absolute Gasteiger partial charge is 0.619 e. The minimum atomic E-state index is 0.115. The molecule has 1 rings (SSSR count). The Bertz CT molecular complexity index is 294. The van der Waals surface area contributed by atoms with Crippen molar-refractivity contribution in [3.63, 3.8) is 0 Å². The smallest absolute Gasteiger partial charge is 0.184 e. The zero-order chi connectivity index (χ0) is 10.6. The number of unbranched alkanes of at least 4 members (excludes halogenated alkanes) is 1. The number of nitrogens with zero attached hydrogens (tertiary/aromatic N) is 1. The molecule has 0 amide bonds. The van der Waals surface area contributed by atoms with Crippen molar-refractivity contribution in [1.29, 1.82) is 0 Å². The molecule has 0 aliphatic rings. The summed E-state index contributed by atoms with van der Waals surface area (Å²) in [5.41, 5.74) is 1.24. The Hall–Kier alpha value is -1.05. The van der Waals surface area contributed by atoms with E-state index in [1.807, 2.05) is 12.1 Å². The molecule has 14 heavy (non-hydrogen) atoms. The molecular weight excluding hydrogens is 174 g/mol. The molecule has 1 aromatic heterocycles. The molecule has 78 valence electrons. The highest BCUT2D eigenvalue weighted by atomic mass is 16.5. The number of aromatic nitrogens is 1. The number of rotatable bonds is 4. The summed E-state index contributed by atoms with van der Waals surface area (Å²) in [7, 11) is 0. The molecule has 1 aromatic rings. The summed E-state index contributed by atoms with van der Waals surface area (Å²) in [5.74, 6) is 0. The van der Waals surface area contributed by atoms with Crippen LogP contribution in [0.2, 0.25) is 0 Å². The number of hydrogen-bond donors (Lipinski definition) is 0. The standard InChI is InChI=1S/C12H19NO/c1-4-5-8-12(2,3)11-7-6-9-13(14)10-11/h6-7,9-10H,4-5,8H2,1-3H3. The molecule has 2 nitrogen and oxygen atoms in total. The first-order valence-corrected chi connectivity index (χ1v) is 5.25. The molecule has 0 atom stereocenters. The lowest BCUT2D eigenvalue weighted by Crippen LogP contribution is -2.28. The van der Waals surface area contributed by atoms with Crippen LogP contribution < -0.4 is 4.73 Å². The molecule has 0 aromatic carbocycles. The van der Waals surface area contributed by atoms with Crippen LogP contribution in [0.5, 0.6) is 0 Å². The highest BCUT2D eigenvalue weighted by Crippen LogP contribution is 2.27. The van der Waals surface area contributed by atoms with Crippen molar-refractivity contribution >= 4 is 0 Å². The topological polar surface area (TPSA) is 26.9 Å². The lowest BCUT2D eigenvalue weighted by Gasteiger charge is -2.23. The number of pyridine rings is 1. The minimum Gasteiger partial charge on any atom is -0.619 e. The molecule has 2 heteroatoms. The van der Waals surface area contributed by atoms with Crippen molar-refractivity contribution in [3.8, 4) is 0 Å². The summed E-state index contributed by atoms with van der Waals surface area (Å²) in [6, 6.07) is 3.85. The van der Waals surface area contributed by atoms with E-state index in [1.165, 1.54) is 19.0 Å². The van der Waals surface area contributed by atoms with E-state index in [2.05, 4.69) is 20.8 Å². The summed E-state index contributed by atoms with van der Waals surface area (Å²) in [5, 5.41) is 11.1. The fourth-order valence-corrected chi connectivity index (χ4v) is 1.62. The second kappa shape index (κ2) is 4.45. The van der Waals surface area contributed by atoms with Crippen LogP contribution in [0.25, 0.3) is 0 Å². The van der Waals surface area contributed by atoms with Gasteiger partial charge in [-0.15, -0.1) is 0 Å². The van der Waals surface area contributed by atoms with Gasteiger partial charge in [0.1, 0.15) is 0 Å². The lowest BCUT2D eigenvalue weighted by molar-refractivity contribution is -0.606. The molecule has 0 radical (unpaired) electrons. The Morgan fingerprint density at radius 2 is 2.14 bits per heavy atom. The van der Waals surface area contributed by atoms with E-state index in [9.17, 15) is 5.21 Å². The highest BCUT2D eigenvalue weighted by molar-refractivity contribution is 5.17. The van der Waals surface area contributed by atoms with Crippen LogP contribution in [-0.4, -0.2) is 0 Å². The molecule has 0 saturated carbocycles. The third-order valence-corrected chi connectivity index (χ3v) is 2.71. The third kappa shape index (κ3) is 2.72. The van der Waals surface area contributed by atoms with Gasteiger partial charge in [0.15, 0.2) is 12.4 Å². The van der Waals surface area contributed by atoms with Crippen LogP contribution in [-0.2, 0) is 5.41 Å². The van der Waals surface area contributed by atoms with Gasteiger partial charge in [0.2, 0.25) is 0 Å². The van der Waals surface area contributed by atoms with E-state index < -0.39 is 0 Å². The molecule has 0 aliphatic heterocycles. The van der Waals surface area contributed by atoms with E-state index in [4.69, 9.17) is 0 Å². The van der Waals surface area contributed by atoms with Gasteiger partial charge < -0.3 is 5.21 Å². The summed E-state index contributed by atoms with van der Waals surface area (Å²) in [6.45, 7) is 6.57. The van der Waals surface area contributed by atoms with E-state index >= 15 is 0 Å². The zero-order valence-electron chi connectivity index (χ0n) is 9.29. The van der Waals surface area contributed by atoms with Gasteiger partial charge in [0.25, 0.3) is 0 Å².